The van der Waals surface area contributed by atoms with Gasteiger partial charge in [-0.15, -0.1) is 0 Å². The average Bonchev–Trinajstić information content (AvgIpc) is 2.03. The van der Waals surface area contributed by atoms with Crippen LogP contribution >= 0.6 is 0 Å². The maximum atomic E-state index is 10.9. The van der Waals surface area contributed by atoms with Crippen molar-refractivity contribution < 1.29 is 4.79 Å². The summed E-state index contributed by atoms with van der Waals surface area (Å²) in [7, 11) is 0. The van der Waals surface area contributed by atoms with E-state index in [0.717, 1.165) is 5.56 Å². The van der Waals surface area contributed by atoms with Crippen LogP contribution in [0.3, 0.4) is 0 Å². The van der Waals surface area contributed by atoms with E-state index in [4.69, 9.17) is 0 Å². The molecule has 1 aliphatic rings. The zero-order chi connectivity index (χ0) is 8.55. The zero-order valence-electron chi connectivity index (χ0n) is 6.26. The fraction of sp³-hybridized carbons (Fsp3) is 0.286. The molecule has 2 N–H and O–H groups in total. The number of rotatable bonds is 0. The smallest absolute Gasteiger partial charge is 0.312 e. The Labute approximate surface area is 67.8 Å². The lowest BCUT2D eigenvalue weighted by atomic mass is 10.1. The third-order valence-electron chi connectivity index (χ3n) is 1.78. The fourth-order valence-corrected chi connectivity index (χ4v) is 1.17. The van der Waals surface area contributed by atoms with Gasteiger partial charge in [-0.05, 0) is 6.42 Å². The number of amides is 1. The third-order valence-corrected chi connectivity index (χ3v) is 1.78. The van der Waals surface area contributed by atoms with Crippen molar-refractivity contribution in [1.82, 2.24) is 9.97 Å². The first-order valence-corrected chi connectivity index (χ1v) is 3.64. The summed E-state index contributed by atoms with van der Waals surface area (Å²) in [5, 5.41) is 2.57. The Morgan fingerprint density at radius 3 is 3.00 bits per heavy atom. The number of aromatic nitrogens is 2. The molecule has 5 heteroatoms. The summed E-state index contributed by atoms with van der Waals surface area (Å²) >= 11 is 0. The summed E-state index contributed by atoms with van der Waals surface area (Å²) in [6, 6.07) is 0. The number of nitrogens with zero attached hydrogens (tertiary/aromatic N) is 1. The summed E-state index contributed by atoms with van der Waals surface area (Å²) in [5.74, 6) is 0.426. The van der Waals surface area contributed by atoms with Crippen LogP contribution in [0.4, 0.5) is 5.82 Å². The monoisotopic (exact) mass is 165 g/mol. The van der Waals surface area contributed by atoms with Crippen molar-refractivity contribution in [2.45, 2.75) is 12.8 Å². The van der Waals surface area contributed by atoms with Crippen LogP contribution in [0.1, 0.15) is 12.0 Å². The number of H-pyrrole nitrogens is 1. The number of carbonyl (C=O) groups excluding carboxylic acids is 1. The molecule has 0 aliphatic carbocycles. The van der Waals surface area contributed by atoms with Crippen molar-refractivity contribution in [2.75, 3.05) is 5.32 Å². The second kappa shape index (κ2) is 2.44. The predicted octanol–water partition coefficient (Wildman–Crippen LogP) is -0.345. The molecule has 0 bridgehead atoms. The van der Waals surface area contributed by atoms with Crippen molar-refractivity contribution >= 4 is 11.7 Å². The van der Waals surface area contributed by atoms with Gasteiger partial charge in [-0.25, -0.2) is 9.78 Å². The minimum atomic E-state index is -0.434. The van der Waals surface area contributed by atoms with Crippen LogP contribution in [0, 0.1) is 0 Å². The highest BCUT2D eigenvalue weighted by molar-refractivity contribution is 5.92. The number of hydrogen-bond donors (Lipinski definition) is 2. The van der Waals surface area contributed by atoms with Gasteiger partial charge < -0.3 is 5.32 Å². The fourth-order valence-electron chi connectivity index (χ4n) is 1.17. The lowest BCUT2D eigenvalue weighted by Crippen LogP contribution is -2.24. The highest BCUT2D eigenvalue weighted by Crippen LogP contribution is 2.16. The van der Waals surface area contributed by atoms with Gasteiger partial charge in [0.15, 0.2) is 0 Å². The van der Waals surface area contributed by atoms with E-state index in [1.54, 1.807) is 0 Å². The normalized spacial score (nSPS) is 15.2. The van der Waals surface area contributed by atoms with Gasteiger partial charge in [0.05, 0.1) is 0 Å². The zero-order valence-corrected chi connectivity index (χ0v) is 6.26. The van der Waals surface area contributed by atoms with E-state index in [1.807, 2.05) is 0 Å². The SMILES string of the molecule is O=C1CCc2cnc(=O)[nH]c2N1. The van der Waals surface area contributed by atoms with Gasteiger partial charge in [-0.2, -0.15) is 0 Å². The van der Waals surface area contributed by atoms with Crippen LogP contribution in [-0.2, 0) is 11.2 Å². The van der Waals surface area contributed by atoms with Gasteiger partial charge in [0.2, 0.25) is 5.91 Å². The van der Waals surface area contributed by atoms with Crippen LogP contribution in [0.2, 0.25) is 0 Å². The van der Waals surface area contributed by atoms with Crippen molar-refractivity contribution in [3.8, 4) is 0 Å². The molecule has 2 heterocycles. The Morgan fingerprint density at radius 2 is 2.17 bits per heavy atom. The molecule has 0 aromatic carbocycles. The molecule has 1 amide bonds. The van der Waals surface area contributed by atoms with E-state index in [0.29, 0.717) is 18.7 Å². The minimum Gasteiger partial charge on any atom is -0.312 e. The Balaban J connectivity index is 2.50. The highest BCUT2D eigenvalue weighted by atomic mass is 16.2. The summed E-state index contributed by atoms with van der Waals surface area (Å²) in [6.07, 6.45) is 2.60. The quantitative estimate of drug-likeness (QED) is 0.552. The molecule has 0 unspecified atom stereocenters. The standard InChI is InChI=1S/C7H7N3O2/c11-5-2-1-4-3-8-7(12)10-6(4)9-5/h3H,1-2H2,(H2,8,9,10,11,12). The number of aryl methyl sites for hydroxylation is 1. The van der Waals surface area contributed by atoms with Gasteiger partial charge in [-0.1, -0.05) is 0 Å². The number of nitrogens with one attached hydrogen (secondary N) is 2. The number of fused-ring (bicyclic) bond motifs is 1. The van der Waals surface area contributed by atoms with E-state index < -0.39 is 5.69 Å². The Kier molecular flexibility index (Phi) is 1.43. The lowest BCUT2D eigenvalue weighted by Gasteiger charge is -2.14. The second-order valence-corrected chi connectivity index (χ2v) is 2.64. The van der Waals surface area contributed by atoms with Gasteiger partial charge in [0.25, 0.3) is 0 Å². The Morgan fingerprint density at radius 1 is 1.33 bits per heavy atom. The van der Waals surface area contributed by atoms with Crippen LogP contribution in [-0.4, -0.2) is 15.9 Å². The molecule has 0 atom stereocenters. The molecule has 0 radical (unpaired) electrons. The largest absolute Gasteiger partial charge is 0.346 e. The van der Waals surface area contributed by atoms with Crippen LogP contribution in [0.5, 0.6) is 0 Å². The summed E-state index contributed by atoms with van der Waals surface area (Å²) < 4.78 is 0. The molecule has 5 nitrogen and oxygen atoms in total. The van der Waals surface area contributed by atoms with E-state index in [-0.39, 0.29) is 5.91 Å². The summed E-state index contributed by atoms with van der Waals surface area (Å²) in [4.78, 5) is 27.6. The van der Waals surface area contributed by atoms with Gasteiger partial charge in [-0.3, -0.25) is 9.78 Å². The van der Waals surface area contributed by atoms with Gasteiger partial charge in [0.1, 0.15) is 5.82 Å². The first-order chi connectivity index (χ1) is 5.75. The third kappa shape index (κ3) is 1.09. The average molecular weight is 165 g/mol. The lowest BCUT2D eigenvalue weighted by molar-refractivity contribution is -0.116. The number of carbonyl (C=O) groups is 1. The molecule has 1 aromatic heterocycles. The van der Waals surface area contributed by atoms with Crippen molar-refractivity contribution in [2.24, 2.45) is 0 Å². The topological polar surface area (TPSA) is 74.8 Å². The summed E-state index contributed by atoms with van der Waals surface area (Å²) in [6.45, 7) is 0. The van der Waals surface area contributed by atoms with Crippen LogP contribution in [0.15, 0.2) is 11.0 Å². The molecular weight excluding hydrogens is 158 g/mol. The number of hydrogen-bond acceptors (Lipinski definition) is 3. The molecule has 0 spiro atoms. The van der Waals surface area contributed by atoms with E-state index >= 15 is 0 Å². The predicted molar refractivity (Wildman–Crippen MR) is 41.8 cm³/mol. The van der Waals surface area contributed by atoms with Crippen molar-refractivity contribution in [1.29, 1.82) is 0 Å². The Bertz CT molecular complexity index is 382. The highest BCUT2D eigenvalue weighted by Gasteiger charge is 2.14. The molecule has 12 heavy (non-hydrogen) atoms. The van der Waals surface area contributed by atoms with E-state index in [9.17, 15) is 9.59 Å². The van der Waals surface area contributed by atoms with Gasteiger partial charge in [0, 0.05) is 18.2 Å². The maximum absolute atomic E-state index is 10.9. The van der Waals surface area contributed by atoms with Crippen LogP contribution in [0.25, 0.3) is 0 Å². The maximum Gasteiger partial charge on any atom is 0.346 e. The number of aromatic amines is 1. The molecule has 62 valence electrons. The molecule has 0 fully saturated rings. The number of anilines is 1. The molecule has 2 rings (SSSR count). The molecular formula is C7H7N3O2. The molecule has 0 saturated carbocycles. The van der Waals surface area contributed by atoms with Crippen molar-refractivity contribution in [3.05, 3.63) is 22.2 Å². The van der Waals surface area contributed by atoms with E-state index in [1.165, 1.54) is 6.20 Å². The molecule has 0 saturated heterocycles. The van der Waals surface area contributed by atoms with Crippen molar-refractivity contribution in [3.63, 3.8) is 0 Å². The molecule has 1 aromatic rings. The minimum absolute atomic E-state index is 0.0654. The van der Waals surface area contributed by atoms with Crippen LogP contribution < -0.4 is 11.0 Å². The van der Waals surface area contributed by atoms with Gasteiger partial charge >= 0.3 is 5.69 Å². The Hall–Kier alpha value is -1.65. The first-order valence-electron chi connectivity index (χ1n) is 3.64. The summed E-state index contributed by atoms with van der Waals surface area (Å²) in [5.41, 5.74) is 0.449. The molecule has 1 aliphatic heterocycles. The first kappa shape index (κ1) is 7.02. The second-order valence-electron chi connectivity index (χ2n) is 2.64. The van der Waals surface area contributed by atoms with E-state index in [2.05, 4.69) is 15.3 Å².